The molecule has 0 aromatic heterocycles. The van der Waals surface area contributed by atoms with Crippen LogP contribution in [0.2, 0.25) is 0 Å². The molecule has 2 N–H and O–H groups in total. The molecule has 0 saturated heterocycles. The second-order valence-corrected chi connectivity index (χ2v) is 6.75. The van der Waals surface area contributed by atoms with Gasteiger partial charge in [0.2, 0.25) is 5.60 Å². The number of amides is 1. The number of hydrogen-bond acceptors (Lipinski definition) is 4. The minimum absolute atomic E-state index is 0.309. The Kier molecular flexibility index (Phi) is 6.93. The third-order valence-corrected chi connectivity index (χ3v) is 4.66. The van der Waals surface area contributed by atoms with E-state index in [1.54, 1.807) is 72.8 Å². The van der Waals surface area contributed by atoms with E-state index in [0.717, 1.165) is 5.56 Å². The molecule has 0 fully saturated rings. The summed E-state index contributed by atoms with van der Waals surface area (Å²) in [4.78, 5) is 24.9. The zero-order chi connectivity index (χ0) is 21.4. The van der Waals surface area contributed by atoms with Crippen LogP contribution in [0.4, 0.5) is 4.39 Å². The highest BCUT2D eigenvalue weighted by molar-refractivity contribution is 5.88. The lowest BCUT2D eigenvalue weighted by Gasteiger charge is -2.26. The first kappa shape index (κ1) is 21.2. The summed E-state index contributed by atoms with van der Waals surface area (Å²) in [5.74, 6) is -1.75. The molecule has 0 aliphatic carbocycles. The maximum absolute atomic E-state index is 12.9. The minimum Gasteiger partial charge on any atom is -0.453 e. The van der Waals surface area contributed by atoms with Crippen LogP contribution in [0.25, 0.3) is 0 Å². The van der Waals surface area contributed by atoms with Crippen molar-refractivity contribution in [1.82, 2.24) is 5.32 Å². The highest BCUT2D eigenvalue weighted by Gasteiger charge is 2.41. The normalized spacial score (nSPS) is 11.0. The van der Waals surface area contributed by atoms with Crippen LogP contribution >= 0.6 is 0 Å². The zero-order valence-corrected chi connectivity index (χ0v) is 16.3. The van der Waals surface area contributed by atoms with Crippen molar-refractivity contribution in [2.45, 2.75) is 12.0 Å². The van der Waals surface area contributed by atoms with Gasteiger partial charge in [-0.1, -0.05) is 72.8 Å². The van der Waals surface area contributed by atoms with Crippen molar-refractivity contribution in [1.29, 1.82) is 0 Å². The number of nitrogens with one attached hydrogen (secondary N) is 1. The van der Waals surface area contributed by atoms with Crippen LogP contribution in [0, 0.1) is 5.82 Å². The first-order valence-corrected chi connectivity index (χ1v) is 9.52. The van der Waals surface area contributed by atoms with Crippen molar-refractivity contribution < 1.29 is 23.8 Å². The van der Waals surface area contributed by atoms with Crippen LogP contribution < -0.4 is 5.32 Å². The summed E-state index contributed by atoms with van der Waals surface area (Å²) in [5, 5.41) is 13.9. The smallest absolute Gasteiger partial charge is 0.348 e. The molecule has 3 rings (SSSR count). The van der Waals surface area contributed by atoms with Gasteiger partial charge in [0.15, 0.2) is 6.61 Å². The Bertz CT molecular complexity index is 936. The van der Waals surface area contributed by atoms with Crippen LogP contribution in [-0.4, -0.2) is 30.1 Å². The number of rotatable bonds is 8. The second kappa shape index (κ2) is 9.80. The van der Waals surface area contributed by atoms with E-state index in [-0.39, 0.29) is 5.82 Å². The monoisotopic (exact) mass is 407 g/mol. The van der Waals surface area contributed by atoms with Gasteiger partial charge in [0.25, 0.3) is 5.91 Å². The molecule has 0 unspecified atom stereocenters. The Morgan fingerprint density at radius 2 is 1.40 bits per heavy atom. The van der Waals surface area contributed by atoms with Gasteiger partial charge in [-0.3, -0.25) is 4.79 Å². The number of benzene rings is 3. The number of hydrogen-bond donors (Lipinski definition) is 2. The summed E-state index contributed by atoms with van der Waals surface area (Å²) < 4.78 is 18.1. The third kappa shape index (κ3) is 5.10. The van der Waals surface area contributed by atoms with E-state index in [0.29, 0.717) is 24.1 Å². The second-order valence-electron chi connectivity index (χ2n) is 6.75. The summed E-state index contributed by atoms with van der Waals surface area (Å²) in [5.41, 5.74) is -0.469. The fourth-order valence-corrected chi connectivity index (χ4v) is 3.04. The Morgan fingerprint density at radius 1 is 0.867 bits per heavy atom. The van der Waals surface area contributed by atoms with Gasteiger partial charge in [-0.05, 0) is 35.2 Å². The van der Waals surface area contributed by atoms with E-state index in [4.69, 9.17) is 4.74 Å². The average molecular weight is 407 g/mol. The van der Waals surface area contributed by atoms with E-state index >= 15 is 0 Å². The van der Waals surface area contributed by atoms with Crippen LogP contribution in [0.1, 0.15) is 16.7 Å². The van der Waals surface area contributed by atoms with Gasteiger partial charge in [0.05, 0.1) is 0 Å². The number of halogens is 1. The maximum Gasteiger partial charge on any atom is 0.348 e. The predicted molar refractivity (Wildman–Crippen MR) is 110 cm³/mol. The summed E-state index contributed by atoms with van der Waals surface area (Å²) in [6.45, 7) is -0.214. The van der Waals surface area contributed by atoms with Gasteiger partial charge >= 0.3 is 5.97 Å². The number of carbonyl (C=O) groups is 2. The number of carbonyl (C=O) groups excluding carboxylic acids is 2. The van der Waals surface area contributed by atoms with Crippen molar-refractivity contribution in [2.24, 2.45) is 0 Å². The summed E-state index contributed by atoms with van der Waals surface area (Å²) in [6.07, 6.45) is 0.512. The minimum atomic E-state index is -2.03. The molecule has 3 aromatic rings. The largest absolute Gasteiger partial charge is 0.453 e. The number of esters is 1. The van der Waals surface area contributed by atoms with Crippen LogP contribution in [0.15, 0.2) is 84.9 Å². The molecule has 1 amide bonds. The third-order valence-electron chi connectivity index (χ3n) is 4.66. The first-order chi connectivity index (χ1) is 14.5. The molecule has 3 aromatic carbocycles. The van der Waals surface area contributed by atoms with E-state index < -0.39 is 24.1 Å². The molecule has 30 heavy (non-hydrogen) atoms. The molecular weight excluding hydrogens is 385 g/mol. The van der Waals surface area contributed by atoms with Crippen molar-refractivity contribution in [3.8, 4) is 0 Å². The van der Waals surface area contributed by atoms with Crippen molar-refractivity contribution in [2.75, 3.05) is 13.2 Å². The van der Waals surface area contributed by atoms with E-state index in [1.165, 1.54) is 12.1 Å². The lowest BCUT2D eigenvalue weighted by Crippen LogP contribution is -2.40. The molecule has 6 heteroatoms. The number of ether oxygens (including phenoxy) is 1. The van der Waals surface area contributed by atoms with Crippen molar-refractivity contribution in [3.63, 3.8) is 0 Å². The molecule has 0 aliphatic rings. The van der Waals surface area contributed by atoms with Gasteiger partial charge in [0.1, 0.15) is 5.82 Å². The molecule has 0 bridgehead atoms. The van der Waals surface area contributed by atoms with E-state index in [2.05, 4.69) is 5.32 Å². The first-order valence-electron chi connectivity index (χ1n) is 9.52. The molecule has 0 heterocycles. The molecule has 0 radical (unpaired) electrons. The SMILES string of the molecule is O=C(COC(=O)C(O)(c1ccccc1)c1ccccc1)NCCc1ccc(F)cc1. The van der Waals surface area contributed by atoms with E-state index in [1.807, 2.05) is 0 Å². The van der Waals surface area contributed by atoms with Crippen molar-refractivity contribution >= 4 is 11.9 Å². The topological polar surface area (TPSA) is 75.6 Å². The molecule has 0 aliphatic heterocycles. The average Bonchev–Trinajstić information content (AvgIpc) is 2.79. The molecule has 0 saturated carbocycles. The van der Waals surface area contributed by atoms with E-state index in [9.17, 15) is 19.1 Å². The van der Waals surface area contributed by atoms with Crippen LogP contribution in [-0.2, 0) is 26.3 Å². The molecule has 0 atom stereocenters. The summed E-state index contributed by atoms with van der Waals surface area (Å²) in [7, 11) is 0. The molecular formula is C24H22FNO4. The Morgan fingerprint density at radius 3 is 1.93 bits per heavy atom. The van der Waals surface area contributed by atoms with Crippen LogP contribution in [0.5, 0.6) is 0 Å². The molecule has 154 valence electrons. The quantitative estimate of drug-likeness (QED) is 0.563. The Balaban J connectivity index is 1.60. The molecule has 0 spiro atoms. The van der Waals surface area contributed by atoms with Gasteiger partial charge in [-0.25, -0.2) is 9.18 Å². The van der Waals surface area contributed by atoms with Gasteiger partial charge < -0.3 is 15.2 Å². The van der Waals surface area contributed by atoms with Crippen LogP contribution in [0.3, 0.4) is 0 Å². The fourth-order valence-electron chi connectivity index (χ4n) is 3.04. The van der Waals surface area contributed by atoms with Gasteiger partial charge in [0, 0.05) is 6.54 Å². The fraction of sp³-hybridized carbons (Fsp3) is 0.167. The lowest BCUT2D eigenvalue weighted by atomic mass is 9.86. The standard InChI is InChI=1S/C24H22FNO4/c25-21-13-11-18(12-14-21)15-16-26-22(27)17-30-23(28)24(29,19-7-3-1-4-8-19)20-9-5-2-6-10-20/h1-14,29H,15-17H2,(H,26,27). The lowest BCUT2D eigenvalue weighted by molar-refractivity contribution is -0.164. The summed E-state index contributed by atoms with van der Waals surface area (Å²) >= 11 is 0. The molecule has 5 nitrogen and oxygen atoms in total. The Hall–Kier alpha value is -3.51. The number of aliphatic hydroxyl groups is 1. The van der Waals surface area contributed by atoms with Gasteiger partial charge in [-0.2, -0.15) is 0 Å². The summed E-state index contributed by atoms with van der Waals surface area (Å²) in [6, 6.07) is 22.9. The van der Waals surface area contributed by atoms with Gasteiger partial charge in [-0.15, -0.1) is 0 Å². The highest BCUT2D eigenvalue weighted by Crippen LogP contribution is 2.30. The zero-order valence-electron chi connectivity index (χ0n) is 16.3. The van der Waals surface area contributed by atoms with Crippen molar-refractivity contribution in [3.05, 3.63) is 107 Å². The highest BCUT2D eigenvalue weighted by atomic mass is 19.1. The Labute approximate surface area is 174 Å². The predicted octanol–water partition coefficient (Wildman–Crippen LogP) is 2.96. The maximum atomic E-state index is 12.9.